The summed E-state index contributed by atoms with van der Waals surface area (Å²) in [6.07, 6.45) is 0.923. The van der Waals surface area contributed by atoms with Gasteiger partial charge in [0.15, 0.2) is 0 Å². The van der Waals surface area contributed by atoms with Crippen LogP contribution in [0.3, 0.4) is 0 Å². The van der Waals surface area contributed by atoms with E-state index in [1.165, 1.54) is 12.5 Å². The van der Waals surface area contributed by atoms with E-state index in [9.17, 15) is 4.79 Å². The maximum atomic E-state index is 10.6. The van der Waals surface area contributed by atoms with Crippen molar-refractivity contribution in [3.8, 4) is 0 Å². The Balaban J connectivity index is 2.28. The van der Waals surface area contributed by atoms with Crippen LogP contribution in [0.2, 0.25) is 0 Å². The maximum Gasteiger partial charge on any atom is 0.351 e. The van der Waals surface area contributed by atoms with Crippen molar-refractivity contribution in [2.75, 3.05) is 11.6 Å². The highest BCUT2D eigenvalue weighted by Gasteiger charge is 2.18. The third-order valence-corrected chi connectivity index (χ3v) is 2.44. The summed E-state index contributed by atoms with van der Waals surface area (Å²) in [5.41, 5.74) is 2.35. The second-order valence-electron chi connectivity index (χ2n) is 3.49. The van der Waals surface area contributed by atoms with Gasteiger partial charge in [0.05, 0.1) is 5.69 Å². The fraction of sp³-hybridized carbons (Fsp3) is 0.273. The molecule has 0 saturated heterocycles. The standard InChI is InChI=1S/C11H12N2O2/c1-8(11(14)15)12-13-7-6-9-4-2-3-5-10(9)13/h2-5H,6-7H2,1H3,(H,14,15)/b12-8-. The molecule has 15 heavy (non-hydrogen) atoms. The van der Waals surface area contributed by atoms with Crippen LogP contribution in [0.4, 0.5) is 5.69 Å². The van der Waals surface area contributed by atoms with E-state index in [1.54, 1.807) is 5.01 Å². The molecule has 1 aromatic rings. The van der Waals surface area contributed by atoms with Gasteiger partial charge in [-0.05, 0) is 25.0 Å². The van der Waals surface area contributed by atoms with Crippen LogP contribution >= 0.6 is 0 Å². The van der Waals surface area contributed by atoms with Gasteiger partial charge in [0.1, 0.15) is 5.71 Å². The van der Waals surface area contributed by atoms with Crippen LogP contribution in [0.5, 0.6) is 0 Å². The van der Waals surface area contributed by atoms with Crippen LogP contribution in [-0.4, -0.2) is 23.3 Å². The van der Waals surface area contributed by atoms with Gasteiger partial charge in [-0.3, -0.25) is 5.01 Å². The van der Waals surface area contributed by atoms with Gasteiger partial charge in [0.2, 0.25) is 0 Å². The molecule has 1 N–H and O–H groups in total. The fourth-order valence-corrected chi connectivity index (χ4v) is 1.65. The van der Waals surface area contributed by atoms with Crippen LogP contribution in [0, 0.1) is 0 Å². The SMILES string of the molecule is C/C(=N/N1CCc2ccccc21)C(=O)O. The van der Waals surface area contributed by atoms with Gasteiger partial charge < -0.3 is 5.11 Å². The minimum absolute atomic E-state index is 0.117. The number of benzene rings is 1. The molecule has 0 saturated carbocycles. The second-order valence-corrected chi connectivity index (χ2v) is 3.49. The summed E-state index contributed by atoms with van der Waals surface area (Å²) in [4.78, 5) is 10.6. The first kappa shape index (κ1) is 9.71. The quantitative estimate of drug-likeness (QED) is 0.743. The minimum Gasteiger partial charge on any atom is -0.477 e. The van der Waals surface area contributed by atoms with E-state index >= 15 is 0 Å². The molecule has 0 aliphatic carbocycles. The van der Waals surface area contributed by atoms with E-state index < -0.39 is 5.97 Å². The van der Waals surface area contributed by atoms with Crippen LogP contribution in [0.15, 0.2) is 29.4 Å². The molecule has 4 nitrogen and oxygen atoms in total. The highest BCUT2D eigenvalue weighted by atomic mass is 16.4. The number of carboxylic acids is 1. The maximum absolute atomic E-state index is 10.6. The Morgan fingerprint density at radius 2 is 2.20 bits per heavy atom. The largest absolute Gasteiger partial charge is 0.477 e. The number of nitrogens with zero attached hydrogens (tertiary/aromatic N) is 2. The normalized spacial score (nSPS) is 15.3. The summed E-state index contributed by atoms with van der Waals surface area (Å²) in [6, 6.07) is 7.92. The lowest BCUT2D eigenvalue weighted by atomic mass is 10.2. The van der Waals surface area contributed by atoms with Crippen molar-refractivity contribution in [1.29, 1.82) is 0 Å². The Morgan fingerprint density at radius 1 is 1.47 bits per heavy atom. The van der Waals surface area contributed by atoms with Crippen LogP contribution < -0.4 is 5.01 Å². The Bertz CT molecular complexity index is 426. The fourth-order valence-electron chi connectivity index (χ4n) is 1.65. The number of rotatable bonds is 2. The molecule has 0 spiro atoms. The molecule has 0 fully saturated rings. The van der Waals surface area contributed by atoms with Gasteiger partial charge in [-0.25, -0.2) is 4.79 Å². The molecule has 78 valence electrons. The predicted molar refractivity (Wildman–Crippen MR) is 58.2 cm³/mol. The van der Waals surface area contributed by atoms with E-state index in [1.807, 2.05) is 24.3 Å². The number of carbonyl (C=O) groups is 1. The molecule has 0 amide bonds. The molecule has 0 atom stereocenters. The van der Waals surface area contributed by atoms with E-state index in [4.69, 9.17) is 5.11 Å². The smallest absolute Gasteiger partial charge is 0.351 e. The number of hydrazone groups is 1. The zero-order chi connectivity index (χ0) is 10.8. The van der Waals surface area contributed by atoms with Crippen LogP contribution in [-0.2, 0) is 11.2 Å². The lowest BCUT2D eigenvalue weighted by molar-refractivity contribution is -0.129. The van der Waals surface area contributed by atoms with Crippen molar-refractivity contribution in [1.82, 2.24) is 0 Å². The lowest BCUT2D eigenvalue weighted by Crippen LogP contribution is -2.19. The van der Waals surface area contributed by atoms with Crippen molar-refractivity contribution in [3.63, 3.8) is 0 Å². The zero-order valence-corrected chi connectivity index (χ0v) is 8.47. The third-order valence-electron chi connectivity index (χ3n) is 2.44. The van der Waals surface area contributed by atoms with Gasteiger partial charge >= 0.3 is 5.97 Å². The summed E-state index contributed by atoms with van der Waals surface area (Å²) in [7, 11) is 0. The Kier molecular flexibility index (Phi) is 2.41. The van der Waals surface area contributed by atoms with E-state index in [2.05, 4.69) is 5.10 Å². The molecule has 0 radical (unpaired) electrons. The number of para-hydroxylation sites is 1. The number of carboxylic acid groups (broad SMARTS) is 1. The zero-order valence-electron chi connectivity index (χ0n) is 8.47. The first-order chi connectivity index (χ1) is 7.18. The van der Waals surface area contributed by atoms with Gasteiger partial charge in [0.25, 0.3) is 0 Å². The average molecular weight is 204 g/mol. The number of fused-ring (bicyclic) bond motifs is 1. The predicted octanol–water partition coefficient (Wildman–Crippen LogP) is 1.51. The lowest BCUT2D eigenvalue weighted by Gasteiger charge is -2.12. The van der Waals surface area contributed by atoms with Crippen molar-refractivity contribution >= 4 is 17.4 Å². The van der Waals surface area contributed by atoms with Crippen molar-refractivity contribution < 1.29 is 9.90 Å². The Morgan fingerprint density at radius 3 is 2.93 bits per heavy atom. The number of aliphatic carboxylic acids is 1. The molecule has 0 unspecified atom stereocenters. The van der Waals surface area contributed by atoms with Crippen molar-refractivity contribution in [2.45, 2.75) is 13.3 Å². The van der Waals surface area contributed by atoms with Gasteiger partial charge in [0, 0.05) is 6.54 Å². The second kappa shape index (κ2) is 3.73. The average Bonchev–Trinajstić information content (AvgIpc) is 2.62. The van der Waals surface area contributed by atoms with E-state index in [-0.39, 0.29) is 5.71 Å². The molecule has 0 bridgehead atoms. The summed E-state index contributed by atoms with van der Waals surface area (Å²) in [5, 5.41) is 14.5. The Hall–Kier alpha value is -1.84. The summed E-state index contributed by atoms with van der Waals surface area (Å²) in [5.74, 6) is -0.973. The monoisotopic (exact) mass is 204 g/mol. The van der Waals surface area contributed by atoms with E-state index in [0.29, 0.717) is 0 Å². The molecule has 4 heteroatoms. The molecule has 2 rings (SSSR count). The Labute approximate surface area is 87.8 Å². The number of hydrogen-bond donors (Lipinski definition) is 1. The summed E-state index contributed by atoms with van der Waals surface area (Å²) >= 11 is 0. The number of hydrogen-bond acceptors (Lipinski definition) is 3. The number of anilines is 1. The molecular weight excluding hydrogens is 192 g/mol. The van der Waals surface area contributed by atoms with Crippen LogP contribution in [0.25, 0.3) is 0 Å². The van der Waals surface area contributed by atoms with E-state index in [0.717, 1.165) is 18.7 Å². The topological polar surface area (TPSA) is 52.9 Å². The summed E-state index contributed by atoms with van der Waals surface area (Å²) in [6.45, 7) is 2.26. The van der Waals surface area contributed by atoms with Gasteiger partial charge in [-0.15, -0.1) is 0 Å². The van der Waals surface area contributed by atoms with Crippen LogP contribution in [0.1, 0.15) is 12.5 Å². The van der Waals surface area contributed by atoms with Gasteiger partial charge in [-0.1, -0.05) is 18.2 Å². The molecule has 0 aromatic heterocycles. The molecule has 1 aliphatic rings. The first-order valence-corrected chi connectivity index (χ1v) is 4.82. The minimum atomic E-state index is -0.973. The highest BCUT2D eigenvalue weighted by molar-refractivity contribution is 6.34. The third kappa shape index (κ3) is 1.83. The van der Waals surface area contributed by atoms with Gasteiger partial charge in [-0.2, -0.15) is 5.10 Å². The molecule has 1 aliphatic heterocycles. The van der Waals surface area contributed by atoms with Crippen molar-refractivity contribution in [2.24, 2.45) is 5.10 Å². The molecular formula is C11H12N2O2. The highest BCUT2D eigenvalue weighted by Crippen LogP contribution is 2.27. The molecule has 1 aromatic carbocycles. The summed E-state index contributed by atoms with van der Waals surface area (Å²) < 4.78 is 0. The molecule has 1 heterocycles. The first-order valence-electron chi connectivity index (χ1n) is 4.82. The van der Waals surface area contributed by atoms with Crippen molar-refractivity contribution in [3.05, 3.63) is 29.8 Å².